The molecule has 0 amide bonds. The lowest BCUT2D eigenvalue weighted by molar-refractivity contribution is 0.174. The first-order valence-electron chi connectivity index (χ1n) is 6.04. The zero-order valence-corrected chi connectivity index (χ0v) is 11.9. The number of nitrogens with one attached hydrogen (secondary N) is 1. The van der Waals surface area contributed by atoms with Crippen molar-refractivity contribution in [2.24, 2.45) is 0 Å². The average molecular weight is 324 g/mol. The van der Waals surface area contributed by atoms with E-state index in [1.54, 1.807) is 12.1 Å². The number of hydrogen-bond donors (Lipinski definition) is 2. The molecule has 0 radical (unpaired) electrons. The molecule has 0 aliphatic carbocycles. The van der Waals surface area contributed by atoms with Crippen LogP contribution in [-0.2, 0) is 6.54 Å². The molecule has 0 fully saturated rings. The summed E-state index contributed by atoms with van der Waals surface area (Å²) in [6, 6.07) is 13.9. The topological polar surface area (TPSA) is 32.3 Å². The fourth-order valence-electron chi connectivity index (χ4n) is 1.76. The Hall–Kier alpha value is -1.23. The third-order valence-electron chi connectivity index (χ3n) is 2.83. The SMILES string of the molecule is OC(CNCc1ccc(Br)cc1)c1ccc(F)cc1. The van der Waals surface area contributed by atoms with Crippen molar-refractivity contribution in [3.05, 3.63) is 69.9 Å². The van der Waals surface area contributed by atoms with Gasteiger partial charge >= 0.3 is 0 Å². The highest BCUT2D eigenvalue weighted by Crippen LogP contribution is 2.13. The van der Waals surface area contributed by atoms with E-state index in [4.69, 9.17) is 0 Å². The molecular weight excluding hydrogens is 309 g/mol. The Balaban J connectivity index is 1.82. The van der Waals surface area contributed by atoms with Crippen molar-refractivity contribution in [3.63, 3.8) is 0 Å². The van der Waals surface area contributed by atoms with Gasteiger partial charge in [0.05, 0.1) is 6.10 Å². The van der Waals surface area contributed by atoms with Crippen molar-refractivity contribution in [1.29, 1.82) is 0 Å². The first kappa shape index (κ1) is 14.2. The van der Waals surface area contributed by atoms with Crippen LogP contribution in [0.3, 0.4) is 0 Å². The summed E-state index contributed by atoms with van der Waals surface area (Å²) < 4.78 is 13.8. The molecule has 0 saturated carbocycles. The third-order valence-corrected chi connectivity index (χ3v) is 3.36. The minimum atomic E-state index is -0.629. The van der Waals surface area contributed by atoms with Crippen molar-refractivity contribution in [2.45, 2.75) is 12.6 Å². The molecule has 4 heteroatoms. The van der Waals surface area contributed by atoms with Crippen LogP contribution < -0.4 is 5.32 Å². The molecule has 19 heavy (non-hydrogen) atoms. The van der Waals surface area contributed by atoms with Crippen LogP contribution in [-0.4, -0.2) is 11.7 Å². The molecule has 2 aromatic rings. The number of aliphatic hydroxyl groups excluding tert-OH is 1. The molecule has 0 heterocycles. The van der Waals surface area contributed by atoms with Crippen molar-refractivity contribution < 1.29 is 9.50 Å². The van der Waals surface area contributed by atoms with E-state index in [0.29, 0.717) is 18.7 Å². The minimum absolute atomic E-state index is 0.293. The molecule has 2 rings (SSSR count). The summed E-state index contributed by atoms with van der Waals surface area (Å²) >= 11 is 3.38. The molecule has 0 aliphatic heterocycles. The molecule has 1 unspecified atom stereocenters. The highest BCUT2D eigenvalue weighted by Gasteiger charge is 2.06. The largest absolute Gasteiger partial charge is 0.387 e. The van der Waals surface area contributed by atoms with Crippen LogP contribution in [0.4, 0.5) is 4.39 Å². The normalized spacial score (nSPS) is 12.4. The van der Waals surface area contributed by atoms with Crippen LogP contribution in [0.15, 0.2) is 53.0 Å². The fourth-order valence-corrected chi connectivity index (χ4v) is 2.02. The van der Waals surface area contributed by atoms with E-state index < -0.39 is 6.10 Å². The Morgan fingerprint density at radius 1 is 1.05 bits per heavy atom. The third kappa shape index (κ3) is 4.42. The summed E-state index contributed by atoms with van der Waals surface area (Å²) in [5.41, 5.74) is 1.86. The van der Waals surface area contributed by atoms with Gasteiger partial charge in [-0.1, -0.05) is 40.2 Å². The summed E-state index contributed by atoms with van der Waals surface area (Å²) in [4.78, 5) is 0. The lowest BCUT2D eigenvalue weighted by Crippen LogP contribution is -2.21. The van der Waals surface area contributed by atoms with Gasteiger partial charge in [-0.2, -0.15) is 0 Å². The van der Waals surface area contributed by atoms with Crippen molar-refractivity contribution in [3.8, 4) is 0 Å². The van der Waals surface area contributed by atoms with E-state index >= 15 is 0 Å². The lowest BCUT2D eigenvalue weighted by atomic mass is 10.1. The second-order valence-corrected chi connectivity index (χ2v) is 5.24. The molecular formula is C15H15BrFNO. The highest BCUT2D eigenvalue weighted by molar-refractivity contribution is 9.10. The fraction of sp³-hybridized carbons (Fsp3) is 0.200. The molecule has 1 atom stereocenters. The van der Waals surface area contributed by atoms with Crippen LogP contribution in [0.25, 0.3) is 0 Å². The molecule has 2 nitrogen and oxygen atoms in total. The number of aliphatic hydroxyl groups is 1. The Morgan fingerprint density at radius 2 is 1.68 bits per heavy atom. The van der Waals surface area contributed by atoms with E-state index in [1.807, 2.05) is 24.3 Å². The van der Waals surface area contributed by atoms with Crippen LogP contribution in [0.2, 0.25) is 0 Å². The van der Waals surface area contributed by atoms with Gasteiger partial charge in [0.25, 0.3) is 0 Å². The van der Waals surface area contributed by atoms with Crippen molar-refractivity contribution in [2.75, 3.05) is 6.54 Å². The summed E-state index contributed by atoms with van der Waals surface area (Å²) in [6.07, 6.45) is -0.629. The first-order valence-corrected chi connectivity index (χ1v) is 6.83. The quantitative estimate of drug-likeness (QED) is 0.883. The smallest absolute Gasteiger partial charge is 0.123 e. The molecule has 0 aliphatic rings. The maximum Gasteiger partial charge on any atom is 0.123 e. The molecule has 100 valence electrons. The second-order valence-electron chi connectivity index (χ2n) is 4.32. The van der Waals surface area contributed by atoms with Gasteiger partial charge < -0.3 is 10.4 Å². The van der Waals surface area contributed by atoms with Crippen LogP contribution in [0.5, 0.6) is 0 Å². The van der Waals surface area contributed by atoms with Crippen molar-refractivity contribution in [1.82, 2.24) is 5.32 Å². The molecule has 2 N–H and O–H groups in total. The standard InChI is InChI=1S/C15H15BrFNO/c16-13-5-1-11(2-6-13)9-18-10-15(19)12-3-7-14(17)8-4-12/h1-8,15,18-19H,9-10H2. The lowest BCUT2D eigenvalue weighted by Gasteiger charge is -2.12. The number of benzene rings is 2. The number of hydrogen-bond acceptors (Lipinski definition) is 2. The first-order chi connectivity index (χ1) is 9.15. The van der Waals surface area contributed by atoms with Gasteiger partial charge in [0, 0.05) is 17.6 Å². The average Bonchev–Trinajstić information content (AvgIpc) is 2.41. The van der Waals surface area contributed by atoms with Gasteiger partial charge in [-0.25, -0.2) is 4.39 Å². The zero-order chi connectivity index (χ0) is 13.7. The van der Waals surface area contributed by atoms with Gasteiger partial charge in [0.1, 0.15) is 5.82 Å². The van der Waals surface area contributed by atoms with E-state index in [1.165, 1.54) is 12.1 Å². The monoisotopic (exact) mass is 323 g/mol. The van der Waals surface area contributed by atoms with Crippen LogP contribution in [0, 0.1) is 5.82 Å². The summed E-state index contributed by atoms with van der Waals surface area (Å²) in [6.45, 7) is 1.12. The highest BCUT2D eigenvalue weighted by atomic mass is 79.9. The summed E-state index contributed by atoms with van der Waals surface area (Å²) in [5.74, 6) is -0.293. The zero-order valence-electron chi connectivity index (χ0n) is 10.3. The van der Waals surface area contributed by atoms with Crippen LogP contribution in [0.1, 0.15) is 17.2 Å². The van der Waals surface area contributed by atoms with Crippen molar-refractivity contribution >= 4 is 15.9 Å². The van der Waals surface area contributed by atoms with E-state index in [0.717, 1.165) is 10.0 Å². The van der Waals surface area contributed by atoms with E-state index in [9.17, 15) is 9.50 Å². The predicted molar refractivity (Wildman–Crippen MR) is 77.2 cm³/mol. The Bertz CT molecular complexity index is 513. The summed E-state index contributed by atoms with van der Waals surface area (Å²) in [7, 11) is 0. The van der Waals surface area contributed by atoms with Gasteiger partial charge in [0.15, 0.2) is 0 Å². The minimum Gasteiger partial charge on any atom is -0.387 e. The van der Waals surface area contributed by atoms with Gasteiger partial charge in [-0.3, -0.25) is 0 Å². The molecule has 0 saturated heterocycles. The Labute approximate surface area is 120 Å². The number of halogens is 2. The van der Waals surface area contributed by atoms with Gasteiger partial charge in [-0.05, 0) is 35.4 Å². The maximum atomic E-state index is 12.8. The molecule has 0 spiro atoms. The van der Waals surface area contributed by atoms with E-state index in [2.05, 4.69) is 21.2 Å². The second kappa shape index (κ2) is 6.80. The summed E-state index contributed by atoms with van der Waals surface area (Å²) in [5, 5.41) is 13.1. The Morgan fingerprint density at radius 3 is 2.32 bits per heavy atom. The predicted octanol–water partition coefficient (Wildman–Crippen LogP) is 3.41. The molecule has 0 aromatic heterocycles. The number of rotatable bonds is 5. The Kier molecular flexibility index (Phi) is 5.07. The van der Waals surface area contributed by atoms with Gasteiger partial charge in [0.2, 0.25) is 0 Å². The maximum absolute atomic E-state index is 12.8. The molecule has 2 aromatic carbocycles. The molecule has 0 bridgehead atoms. The van der Waals surface area contributed by atoms with Gasteiger partial charge in [-0.15, -0.1) is 0 Å². The van der Waals surface area contributed by atoms with Crippen LogP contribution >= 0.6 is 15.9 Å². The van der Waals surface area contributed by atoms with E-state index in [-0.39, 0.29) is 5.82 Å².